The third-order valence-electron chi connectivity index (χ3n) is 7.55. The molecule has 0 aromatic heterocycles. The maximum atomic E-state index is 14.0. The predicted molar refractivity (Wildman–Crippen MR) is 147 cm³/mol. The molecule has 198 valence electrons. The summed E-state index contributed by atoms with van der Waals surface area (Å²) < 4.78 is 0. The zero-order valence-electron chi connectivity index (χ0n) is 23.4. The van der Waals surface area contributed by atoms with Crippen LogP contribution in [-0.4, -0.2) is 47.3 Å². The van der Waals surface area contributed by atoms with Gasteiger partial charge in [0.2, 0.25) is 11.8 Å². The van der Waals surface area contributed by atoms with Crippen molar-refractivity contribution in [3.05, 3.63) is 55.6 Å². The second-order valence-corrected chi connectivity index (χ2v) is 11.5. The van der Waals surface area contributed by atoms with Crippen molar-refractivity contribution in [1.82, 2.24) is 9.80 Å². The first kappa shape index (κ1) is 33.1. The third kappa shape index (κ3) is 8.82. The van der Waals surface area contributed by atoms with Crippen molar-refractivity contribution in [2.45, 2.75) is 84.6 Å². The Labute approximate surface area is 238 Å². The molecule has 4 nitrogen and oxygen atoms in total. The Balaban J connectivity index is 0.00000211. The molecule has 1 aromatic rings. The van der Waals surface area contributed by atoms with Gasteiger partial charge in [0.05, 0.1) is 0 Å². The number of likely N-dealkylation sites (tertiary alicyclic amines) is 1. The number of rotatable bonds is 7. The first-order valence-electron chi connectivity index (χ1n) is 13.3. The van der Waals surface area contributed by atoms with Gasteiger partial charge < -0.3 is 30.6 Å². The molecule has 6 heteroatoms. The fraction of sp³-hybridized carbons (Fsp3) is 0.633. The zero-order valence-corrected chi connectivity index (χ0v) is 24.2. The van der Waals surface area contributed by atoms with Crippen molar-refractivity contribution < 1.29 is 28.4 Å². The number of hydrogen-bond acceptors (Lipinski definition) is 2. The van der Waals surface area contributed by atoms with Crippen molar-refractivity contribution >= 4 is 23.4 Å². The Bertz CT molecular complexity index is 804. The summed E-state index contributed by atoms with van der Waals surface area (Å²) in [7, 11) is 0. The van der Waals surface area contributed by atoms with Crippen LogP contribution in [0, 0.1) is 38.0 Å². The summed E-state index contributed by atoms with van der Waals surface area (Å²) in [5.41, 5.74) is 1.48. The Kier molecular flexibility index (Phi) is 14.2. The predicted octanol–water partition coefficient (Wildman–Crippen LogP) is 4.00. The maximum Gasteiger partial charge on any atom is 1.00 e. The summed E-state index contributed by atoms with van der Waals surface area (Å²) in [6.07, 6.45) is 6.96. The Morgan fingerprint density at radius 2 is 1.67 bits per heavy atom. The van der Waals surface area contributed by atoms with Crippen molar-refractivity contribution in [2.24, 2.45) is 17.3 Å². The molecular formula is C30H46ClLiN2O2-2. The molecule has 1 heterocycles. The standard InChI is InChI=1S/C28H41ClN2O2.C2H5.Li/c1-6-30(7-2)27(33)25-9-8-18-31(25)26(32)24-19-20(16-17-28(3,4)5)10-15-23(24)21-11-13-22(29)14-12-21;1-2;/h11-14,20,23-25H,1-2,6-10,15-19H2,3-5H3;1H2,2H3;/q-2;-1;+1/t20?,23-,24+,25-;;/m0../s1. The van der Waals surface area contributed by atoms with Gasteiger partial charge in [-0.15, -0.1) is 13.1 Å². The van der Waals surface area contributed by atoms with Gasteiger partial charge in [-0.2, -0.15) is 6.92 Å². The third-order valence-corrected chi connectivity index (χ3v) is 7.80. The monoisotopic (exact) mass is 508 g/mol. The fourth-order valence-electron chi connectivity index (χ4n) is 5.58. The van der Waals surface area contributed by atoms with E-state index in [0.717, 1.165) is 44.9 Å². The van der Waals surface area contributed by atoms with Crippen LogP contribution in [0.2, 0.25) is 5.02 Å². The zero-order chi connectivity index (χ0) is 26.2. The molecule has 0 spiro atoms. The van der Waals surface area contributed by atoms with Crippen molar-refractivity contribution in [1.29, 1.82) is 0 Å². The molecule has 0 bridgehead atoms. The van der Waals surface area contributed by atoms with Crippen LogP contribution in [0.4, 0.5) is 0 Å². The Morgan fingerprint density at radius 3 is 2.22 bits per heavy atom. The maximum absolute atomic E-state index is 14.0. The number of carbonyl (C=O) groups is 2. The van der Waals surface area contributed by atoms with E-state index < -0.39 is 0 Å². The van der Waals surface area contributed by atoms with Crippen LogP contribution in [0.5, 0.6) is 0 Å². The van der Waals surface area contributed by atoms with Gasteiger partial charge in [0, 0.05) is 17.5 Å². The molecule has 3 rings (SSSR count). The van der Waals surface area contributed by atoms with E-state index in [9.17, 15) is 9.59 Å². The van der Waals surface area contributed by atoms with Gasteiger partial charge in [-0.05, 0) is 79.9 Å². The number of amides is 2. The van der Waals surface area contributed by atoms with Crippen LogP contribution in [0.25, 0.3) is 0 Å². The Morgan fingerprint density at radius 1 is 1.06 bits per heavy atom. The van der Waals surface area contributed by atoms with Gasteiger partial charge in [-0.25, -0.2) is 0 Å². The normalized spacial score (nSPS) is 23.8. The number of nitrogens with zero attached hydrogens (tertiary/aromatic N) is 2. The van der Waals surface area contributed by atoms with Crippen molar-refractivity contribution in [3.63, 3.8) is 0 Å². The van der Waals surface area contributed by atoms with Gasteiger partial charge in [0.15, 0.2) is 0 Å². The van der Waals surface area contributed by atoms with Crippen LogP contribution < -0.4 is 18.9 Å². The summed E-state index contributed by atoms with van der Waals surface area (Å²) in [6.45, 7) is 21.0. The van der Waals surface area contributed by atoms with E-state index in [1.807, 2.05) is 17.0 Å². The van der Waals surface area contributed by atoms with Crippen LogP contribution in [0.15, 0.2) is 24.3 Å². The molecule has 1 unspecified atom stereocenters. The molecule has 0 N–H and O–H groups in total. The van der Waals surface area contributed by atoms with Gasteiger partial charge in [-0.3, -0.25) is 9.59 Å². The summed E-state index contributed by atoms with van der Waals surface area (Å²) >= 11 is 6.14. The summed E-state index contributed by atoms with van der Waals surface area (Å²) in [5.74, 6) is 0.781. The molecule has 1 saturated carbocycles. The fourth-order valence-corrected chi connectivity index (χ4v) is 5.71. The molecule has 1 aromatic carbocycles. The average molecular weight is 509 g/mol. The second kappa shape index (κ2) is 15.5. The minimum atomic E-state index is -0.373. The van der Waals surface area contributed by atoms with E-state index in [4.69, 9.17) is 11.6 Å². The van der Waals surface area contributed by atoms with Crippen molar-refractivity contribution in [2.75, 3.05) is 19.6 Å². The number of benzene rings is 1. The van der Waals surface area contributed by atoms with Gasteiger partial charge in [0.25, 0.3) is 0 Å². The van der Waals surface area contributed by atoms with Gasteiger partial charge in [0.1, 0.15) is 6.04 Å². The molecule has 36 heavy (non-hydrogen) atoms. The molecule has 2 fully saturated rings. The van der Waals surface area contributed by atoms with Crippen LogP contribution in [0.3, 0.4) is 0 Å². The summed E-state index contributed by atoms with van der Waals surface area (Å²) in [5, 5.41) is 0.715. The first-order valence-corrected chi connectivity index (χ1v) is 13.7. The van der Waals surface area contributed by atoms with E-state index in [-0.39, 0.29) is 48.6 Å². The van der Waals surface area contributed by atoms with E-state index in [0.29, 0.717) is 36.0 Å². The smallest absolute Gasteiger partial charge is 0.401 e. The minimum absolute atomic E-state index is 0. The molecule has 1 aliphatic heterocycles. The minimum Gasteiger partial charge on any atom is -0.401 e. The number of hydrogen-bond donors (Lipinski definition) is 0. The van der Waals surface area contributed by atoms with E-state index in [2.05, 4.69) is 53.7 Å². The van der Waals surface area contributed by atoms with Gasteiger partial charge in [-0.1, -0.05) is 44.5 Å². The van der Waals surface area contributed by atoms with Gasteiger partial charge >= 0.3 is 18.9 Å². The molecule has 0 radical (unpaired) electrons. The van der Waals surface area contributed by atoms with E-state index >= 15 is 0 Å². The molecule has 2 amide bonds. The largest absolute Gasteiger partial charge is 1.00 e. The quantitative estimate of drug-likeness (QED) is 0.412. The first-order chi connectivity index (χ1) is 16.6. The topological polar surface area (TPSA) is 40.6 Å². The summed E-state index contributed by atoms with van der Waals surface area (Å²) in [6, 6.07) is 7.62. The van der Waals surface area contributed by atoms with Crippen molar-refractivity contribution in [3.8, 4) is 0 Å². The number of carbonyl (C=O) groups excluding carboxylic acids is 2. The molecular weight excluding hydrogens is 463 g/mol. The van der Waals surface area contributed by atoms with Crippen LogP contribution >= 0.6 is 11.6 Å². The van der Waals surface area contributed by atoms with Crippen LogP contribution in [0.1, 0.15) is 84.1 Å². The molecule has 2 aliphatic rings. The molecule has 4 atom stereocenters. The average Bonchev–Trinajstić information content (AvgIpc) is 3.34. The van der Waals surface area contributed by atoms with E-state index in [1.165, 1.54) is 5.56 Å². The number of halogens is 1. The molecule has 1 aliphatic carbocycles. The van der Waals surface area contributed by atoms with Crippen LogP contribution in [-0.2, 0) is 9.59 Å². The summed E-state index contributed by atoms with van der Waals surface area (Å²) in [4.78, 5) is 30.6. The SMILES string of the molecule is [CH2-]C.[CH2-]CN(C[CH2-])C(=O)[C@@H]1CCCN1C(=O)[C@@H]1CC(CCC(C)(C)C)CC[C@H]1c1ccc(Cl)cc1.[Li+]. The molecule has 1 saturated heterocycles. The second-order valence-electron chi connectivity index (χ2n) is 11.1. The van der Waals surface area contributed by atoms with E-state index in [1.54, 1.807) is 11.8 Å². The Hall–Kier alpha value is -0.953.